The van der Waals surface area contributed by atoms with Crippen molar-refractivity contribution in [3.63, 3.8) is 0 Å². The van der Waals surface area contributed by atoms with Crippen molar-refractivity contribution in [3.05, 3.63) is 29.8 Å². The second-order valence-corrected chi connectivity index (χ2v) is 6.40. The smallest absolute Gasteiger partial charge is 0.327 e. The summed E-state index contributed by atoms with van der Waals surface area (Å²) < 4.78 is 39.0. The number of para-hydroxylation sites is 1. The van der Waals surface area contributed by atoms with Gasteiger partial charge in [-0.1, -0.05) is 18.6 Å². The molecule has 3 N–H and O–H groups in total. The summed E-state index contributed by atoms with van der Waals surface area (Å²) in [6.45, 7) is 1.09. The van der Waals surface area contributed by atoms with Crippen LogP contribution >= 0.6 is 0 Å². The van der Waals surface area contributed by atoms with E-state index in [1.54, 1.807) is 4.90 Å². The monoisotopic (exact) mass is 327 g/mol. The molecule has 2 fully saturated rings. The van der Waals surface area contributed by atoms with Crippen LogP contribution in [0.1, 0.15) is 24.8 Å². The minimum Gasteiger partial charge on any atom is -0.327 e. The van der Waals surface area contributed by atoms with Crippen molar-refractivity contribution in [2.45, 2.75) is 31.5 Å². The van der Waals surface area contributed by atoms with Gasteiger partial charge in [0.25, 0.3) is 0 Å². The first-order valence-corrected chi connectivity index (χ1v) is 7.84. The number of carbonyl (C=O) groups excluding carboxylic acids is 1. The van der Waals surface area contributed by atoms with E-state index in [0.717, 1.165) is 25.3 Å². The lowest BCUT2D eigenvalue weighted by Gasteiger charge is -2.29. The summed E-state index contributed by atoms with van der Waals surface area (Å²) in [5.41, 5.74) is 5.07. The Morgan fingerprint density at radius 1 is 1.22 bits per heavy atom. The number of rotatable bonds is 1. The molecule has 4 nitrogen and oxygen atoms in total. The van der Waals surface area contributed by atoms with Gasteiger partial charge < -0.3 is 16.0 Å². The number of halogens is 3. The molecule has 0 radical (unpaired) electrons. The van der Waals surface area contributed by atoms with E-state index in [1.807, 2.05) is 0 Å². The highest BCUT2D eigenvalue weighted by atomic mass is 19.4. The van der Waals surface area contributed by atoms with Gasteiger partial charge in [-0.05, 0) is 36.8 Å². The molecule has 2 amide bonds. The first-order chi connectivity index (χ1) is 10.9. The molecule has 1 saturated carbocycles. The number of likely N-dealkylation sites (tertiary alicyclic amines) is 1. The molecular formula is C16H20F3N3O. The molecule has 3 unspecified atom stereocenters. The Morgan fingerprint density at radius 2 is 1.96 bits per heavy atom. The summed E-state index contributed by atoms with van der Waals surface area (Å²) in [6, 6.07) is 4.62. The second-order valence-electron chi connectivity index (χ2n) is 6.40. The molecule has 0 spiro atoms. The van der Waals surface area contributed by atoms with Crippen LogP contribution in [0.5, 0.6) is 0 Å². The van der Waals surface area contributed by atoms with E-state index < -0.39 is 17.8 Å². The van der Waals surface area contributed by atoms with E-state index in [4.69, 9.17) is 5.73 Å². The lowest BCUT2D eigenvalue weighted by Crippen LogP contribution is -2.39. The van der Waals surface area contributed by atoms with Crippen molar-refractivity contribution in [1.82, 2.24) is 4.90 Å². The molecule has 0 aromatic heterocycles. The summed E-state index contributed by atoms with van der Waals surface area (Å²) in [5.74, 6) is 0.620. The largest absolute Gasteiger partial charge is 0.418 e. The number of amides is 2. The normalized spacial score (nSPS) is 27.7. The maximum Gasteiger partial charge on any atom is 0.418 e. The number of hydrogen-bond donors (Lipinski definition) is 2. The molecular weight excluding hydrogens is 307 g/mol. The van der Waals surface area contributed by atoms with Crippen LogP contribution in [0.4, 0.5) is 23.7 Å². The number of urea groups is 1. The number of benzene rings is 1. The Labute approximate surface area is 132 Å². The highest BCUT2D eigenvalue weighted by Gasteiger charge is 2.41. The molecule has 1 aliphatic carbocycles. The predicted octanol–water partition coefficient (Wildman–Crippen LogP) is 3.30. The summed E-state index contributed by atoms with van der Waals surface area (Å²) in [7, 11) is 0. The third-order valence-electron chi connectivity index (χ3n) is 4.92. The molecule has 0 bridgehead atoms. The van der Waals surface area contributed by atoms with E-state index in [1.165, 1.54) is 18.2 Å². The van der Waals surface area contributed by atoms with Gasteiger partial charge in [-0.15, -0.1) is 0 Å². The third kappa shape index (κ3) is 3.29. The predicted molar refractivity (Wildman–Crippen MR) is 80.8 cm³/mol. The Balaban J connectivity index is 1.71. The van der Waals surface area contributed by atoms with Crippen molar-refractivity contribution in [2.75, 3.05) is 18.4 Å². The fraction of sp³-hybridized carbons (Fsp3) is 0.562. The molecule has 1 aliphatic heterocycles. The summed E-state index contributed by atoms with van der Waals surface area (Å²) in [6.07, 6.45) is -1.46. The third-order valence-corrected chi connectivity index (χ3v) is 4.92. The molecule has 2 aliphatic rings. The van der Waals surface area contributed by atoms with Gasteiger partial charge in [0, 0.05) is 19.1 Å². The second kappa shape index (κ2) is 6.03. The van der Waals surface area contributed by atoms with Crippen molar-refractivity contribution in [2.24, 2.45) is 17.6 Å². The Kier molecular flexibility index (Phi) is 4.23. The van der Waals surface area contributed by atoms with Crippen LogP contribution in [-0.2, 0) is 6.18 Å². The zero-order chi connectivity index (χ0) is 16.6. The molecule has 7 heteroatoms. The van der Waals surface area contributed by atoms with Crippen molar-refractivity contribution >= 4 is 11.7 Å². The molecule has 1 aromatic carbocycles. The summed E-state index contributed by atoms with van der Waals surface area (Å²) in [5, 5.41) is 2.41. The van der Waals surface area contributed by atoms with Gasteiger partial charge in [-0.2, -0.15) is 13.2 Å². The fourth-order valence-corrected chi connectivity index (χ4v) is 3.72. The van der Waals surface area contributed by atoms with Gasteiger partial charge in [0.15, 0.2) is 0 Å². The molecule has 23 heavy (non-hydrogen) atoms. The Bertz CT molecular complexity index is 590. The van der Waals surface area contributed by atoms with Crippen LogP contribution < -0.4 is 11.1 Å². The number of nitrogens with one attached hydrogen (secondary N) is 1. The summed E-state index contributed by atoms with van der Waals surface area (Å²) in [4.78, 5) is 13.9. The van der Waals surface area contributed by atoms with Gasteiger partial charge in [0.05, 0.1) is 11.3 Å². The van der Waals surface area contributed by atoms with Gasteiger partial charge >= 0.3 is 12.2 Å². The number of hydrogen-bond acceptors (Lipinski definition) is 2. The Hall–Kier alpha value is -1.76. The quantitative estimate of drug-likeness (QED) is 0.831. The number of alkyl halides is 3. The minimum atomic E-state index is -4.49. The van der Waals surface area contributed by atoms with Crippen molar-refractivity contribution < 1.29 is 18.0 Å². The van der Waals surface area contributed by atoms with Crippen molar-refractivity contribution in [1.29, 1.82) is 0 Å². The lowest BCUT2D eigenvalue weighted by molar-refractivity contribution is -0.136. The number of fused-ring (bicyclic) bond motifs is 1. The zero-order valence-electron chi connectivity index (χ0n) is 12.6. The molecule has 1 heterocycles. The number of nitrogens with zero attached hydrogens (tertiary/aromatic N) is 1. The first kappa shape index (κ1) is 16.1. The SMILES string of the molecule is NC1CCCC2CN(C(=O)Nc3ccccc3C(F)(F)F)CC12. The summed E-state index contributed by atoms with van der Waals surface area (Å²) >= 11 is 0. The highest BCUT2D eigenvalue weighted by Crippen LogP contribution is 2.37. The average molecular weight is 327 g/mol. The Morgan fingerprint density at radius 3 is 2.65 bits per heavy atom. The maximum absolute atomic E-state index is 13.0. The van der Waals surface area contributed by atoms with Gasteiger partial charge in [-0.3, -0.25) is 0 Å². The number of anilines is 1. The molecule has 3 atom stereocenters. The number of carbonyl (C=O) groups is 1. The van der Waals surface area contributed by atoms with Crippen LogP contribution in [0.3, 0.4) is 0 Å². The molecule has 1 saturated heterocycles. The average Bonchev–Trinajstić information content (AvgIpc) is 2.92. The first-order valence-electron chi connectivity index (χ1n) is 7.84. The van der Waals surface area contributed by atoms with Crippen LogP contribution in [0.2, 0.25) is 0 Å². The van der Waals surface area contributed by atoms with Gasteiger partial charge in [0.2, 0.25) is 0 Å². The molecule has 126 valence electrons. The molecule has 1 aromatic rings. The number of nitrogens with two attached hydrogens (primary N) is 1. The van der Waals surface area contributed by atoms with E-state index in [2.05, 4.69) is 5.32 Å². The minimum absolute atomic E-state index is 0.0778. The fourth-order valence-electron chi connectivity index (χ4n) is 3.72. The van der Waals surface area contributed by atoms with Crippen LogP contribution in [0.25, 0.3) is 0 Å². The van der Waals surface area contributed by atoms with E-state index in [-0.39, 0.29) is 17.6 Å². The standard InChI is InChI=1S/C16H20F3N3O/c17-16(18,19)12-5-1-2-7-14(12)21-15(23)22-8-10-4-3-6-13(20)11(10)9-22/h1-2,5,7,10-11,13H,3-4,6,8-9,20H2,(H,21,23). The van der Waals surface area contributed by atoms with Crippen LogP contribution in [-0.4, -0.2) is 30.1 Å². The van der Waals surface area contributed by atoms with E-state index in [0.29, 0.717) is 19.0 Å². The van der Waals surface area contributed by atoms with E-state index in [9.17, 15) is 18.0 Å². The van der Waals surface area contributed by atoms with E-state index >= 15 is 0 Å². The topological polar surface area (TPSA) is 58.4 Å². The zero-order valence-corrected chi connectivity index (χ0v) is 12.6. The molecule has 3 rings (SSSR count). The van der Waals surface area contributed by atoms with Crippen molar-refractivity contribution in [3.8, 4) is 0 Å². The lowest BCUT2D eigenvalue weighted by atomic mass is 9.78. The van der Waals surface area contributed by atoms with Crippen LogP contribution in [0, 0.1) is 11.8 Å². The van der Waals surface area contributed by atoms with Gasteiger partial charge in [-0.25, -0.2) is 4.79 Å². The van der Waals surface area contributed by atoms with Gasteiger partial charge in [0.1, 0.15) is 0 Å². The highest BCUT2D eigenvalue weighted by molar-refractivity contribution is 5.90. The van der Waals surface area contributed by atoms with Crippen LogP contribution in [0.15, 0.2) is 24.3 Å². The maximum atomic E-state index is 13.0.